The molecule has 1 saturated heterocycles. The van der Waals surface area contributed by atoms with Gasteiger partial charge in [-0.25, -0.2) is 14.8 Å². The molecule has 2 aromatic heterocycles. The summed E-state index contributed by atoms with van der Waals surface area (Å²) in [6.07, 6.45) is 2.35. The maximum Gasteiger partial charge on any atom is 0.328 e. The molecular formula is C12H18N6O. The summed E-state index contributed by atoms with van der Waals surface area (Å²) >= 11 is 0. The van der Waals surface area contributed by atoms with E-state index in [0.29, 0.717) is 35.5 Å². The van der Waals surface area contributed by atoms with Crippen LogP contribution in [0.3, 0.4) is 0 Å². The smallest absolute Gasteiger partial charge is 0.328 e. The molecule has 1 aliphatic rings. The van der Waals surface area contributed by atoms with Crippen LogP contribution < -0.4 is 11.4 Å². The summed E-state index contributed by atoms with van der Waals surface area (Å²) in [5, 5.41) is 0. The molecule has 102 valence electrons. The second-order valence-corrected chi connectivity index (χ2v) is 5.16. The fourth-order valence-corrected chi connectivity index (χ4v) is 2.68. The number of nitrogens with one attached hydrogen (secondary N) is 1. The highest BCUT2D eigenvalue weighted by Gasteiger charge is 2.22. The van der Waals surface area contributed by atoms with Gasteiger partial charge in [0.15, 0.2) is 11.5 Å². The third-order valence-corrected chi connectivity index (χ3v) is 3.78. The van der Waals surface area contributed by atoms with Crippen LogP contribution in [0, 0.1) is 6.92 Å². The molecule has 0 aliphatic carbocycles. The third-order valence-electron chi connectivity index (χ3n) is 3.78. The zero-order chi connectivity index (χ0) is 13.6. The first-order chi connectivity index (χ1) is 9.06. The first-order valence-corrected chi connectivity index (χ1v) is 6.53. The summed E-state index contributed by atoms with van der Waals surface area (Å²) in [6, 6.07) is 0.497. The van der Waals surface area contributed by atoms with Crippen LogP contribution in [-0.2, 0) is 6.67 Å². The van der Waals surface area contributed by atoms with Gasteiger partial charge in [0.1, 0.15) is 11.3 Å². The molecule has 0 spiro atoms. The van der Waals surface area contributed by atoms with E-state index in [-0.39, 0.29) is 5.69 Å². The van der Waals surface area contributed by atoms with E-state index in [2.05, 4.69) is 26.8 Å². The molecule has 2 aromatic rings. The Morgan fingerprint density at radius 2 is 2.26 bits per heavy atom. The molecule has 19 heavy (non-hydrogen) atoms. The lowest BCUT2D eigenvalue weighted by molar-refractivity contribution is 0.212. The van der Waals surface area contributed by atoms with E-state index in [9.17, 15) is 4.79 Å². The number of hydrogen-bond donors (Lipinski definition) is 2. The van der Waals surface area contributed by atoms with Crippen molar-refractivity contribution in [3.05, 3.63) is 16.3 Å². The fourth-order valence-electron chi connectivity index (χ4n) is 2.68. The molecule has 0 radical (unpaired) electrons. The van der Waals surface area contributed by atoms with Gasteiger partial charge in [-0.05, 0) is 26.7 Å². The molecule has 1 unspecified atom stereocenters. The standard InChI is InChI=1S/C12H18N6O/c1-7-4-3-5-17(7)6-18-11-9(16-12(18)19)10(13)14-8(2)15-11/h7H,3-6H2,1-2H3,(H,16,19)(H2,13,14,15). The summed E-state index contributed by atoms with van der Waals surface area (Å²) in [4.78, 5) is 25.5. The van der Waals surface area contributed by atoms with Gasteiger partial charge in [0.05, 0.1) is 6.67 Å². The van der Waals surface area contributed by atoms with Gasteiger partial charge >= 0.3 is 5.69 Å². The predicted octanol–water partition coefficient (Wildman–Crippen LogP) is 0.452. The summed E-state index contributed by atoms with van der Waals surface area (Å²) in [5.74, 6) is 0.903. The number of hydrogen-bond acceptors (Lipinski definition) is 5. The van der Waals surface area contributed by atoms with Crippen LogP contribution in [0.5, 0.6) is 0 Å². The molecule has 0 saturated carbocycles. The quantitative estimate of drug-likeness (QED) is 0.819. The molecule has 3 heterocycles. The second-order valence-electron chi connectivity index (χ2n) is 5.16. The third kappa shape index (κ3) is 1.99. The lowest BCUT2D eigenvalue weighted by atomic mass is 10.2. The number of rotatable bonds is 2. The molecule has 1 atom stereocenters. The number of aryl methyl sites for hydroxylation is 1. The number of H-pyrrole nitrogens is 1. The average Bonchev–Trinajstić information content (AvgIpc) is 2.87. The molecular weight excluding hydrogens is 244 g/mol. The second kappa shape index (κ2) is 4.34. The molecule has 0 bridgehead atoms. The van der Waals surface area contributed by atoms with E-state index < -0.39 is 0 Å². The van der Waals surface area contributed by atoms with Crippen LogP contribution in [0.1, 0.15) is 25.6 Å². The number of aromatic amines is 1. The van der Waals surface area contributed by atoms with Crippen molar-refractivity contribution in [1.82, 2.24) is 24.4 Å². The lowest BCUT2D eigenvalue weighted by Crippen LogP contribution is -2.33. The maximum absolute atomic E-state index is 12.1. The molecule has 1 aliphatic heterocycles. The number of nitrogens with two attached hydrogens (primary N) is 1. The number of anilines is 1. The normalized spacial score (nSPS) is 20.4. The Morgan fingerprint density at radius 1 is 1.47 bits per heavy atom. The SMILES string of the molecule is Cc1nc(N)c2[nH]c(=O)n(CN3CCCC3C)c2n1. The van der Waals surface area contributed by atoms with Crippen molar-refractivity contribution in [2.45, 2.75) is 39.4 Å². The molecule has 3 N–H and O–H groups in total. The largest absolute Gasteiger partial charge is 0.382 e. The number of likely N-dealkylation sites (tertiary alicyclic amines) is 1. The van der Waals surface area contributed by atoms with Gasteiger partial charge in [0.2, 0.25) is 0 Å². The Morgan fingerprint density at radius 3 is 2.95 bits per heavy atom. The van der Waals surface area contributed by atoms with E-state index >= 15 is 0 Å². The minimum atomic E-state index is -0.180. The monoisotopic (exact) mass is 262 g/mol. The Balaban J connectivity index is 2.07. The molecule has 0 amide bonds. The summed E-state index contributed by atoms with van der Waals surface area (Å²) in [5.41, 5.74) is 6.77. The van der Waals surface area contributed by atoms with Gasteiger partial charge in [0, 0.05) is 12.6 Å². The zero-order valence-electron chi connectivity index (χ0n) is 11.2. The van der Waals surface area contributed by atoms with Crippen LogP contribution in [-0.4, -0.2) is 37.0 Å². The molecule has 7 heteroatoms. The summed E-state index contributed by atoms with van der Waals surface area (Å²) < 4.78 is 1.64. The number of fused-ring (bicyclic) bond motifs is 1. The van der Waals surface area contributed by atoms with Crippen LogP contribution in [0.2, 0.25) is 0 Å². The highest BCUT2D eigenvalue weighted by Crippen LogP contribution is 2.19. The number of imidazole rings is 1. The van der Waals surface area contributed by atoms with E-state index in [0.717, 1.165) is 6.54 Å². The number of nitrogens with zero attached hydrogens (tertiary/aromatic N) is 4. The maximum atomic E-state index is 12.1. The Hall–Kier alpha value is -1.89. The van der Waals surface area contributed by atoms with Crippen molar-refractivity contribution in [2.75, 3.05) is 12.3 Å². The van der Waals surface area contributed by atoms with Gasteiger partial charge in [0.25, 0.3) is 0 Å². The van der Waals surface area contributed by atoms with E-state index in [1.165, 1.54) is 12.8 Å². The van der Waals surface area contributed by atoms with Crippen molar-refractivity contribution in [1.29, 1.82) is 0 Å². The molecule has 1 fully saturated rings. The van der Waals surface area contributed by atoms with Gasteiger partial charge < -0.3 is 10.7 Å². The van der Waals surface area contributed by atoms with Gasteiger partial charge in [-0.2, -0.15) is 0 Å². The summed E-state index contributed by atoms with van der Waals surface area (Å²) in [7, 11) is 0. The van der Waals surface area contributed by atoms with Crippen LogP contribution in [0.4, 0.5) is 5.82 Å². The van der Waals surface area contributed by atoms with Crippen molar-refractivity contribution < 1.29 is 0 Å². The summed E-state index contributed by atoms with van der Waals surface area (Å²) in [6.45, 7) is 5.52. The van der Waals surface area contributed by atoms with Gasteiger partial charge in [-0.15, -0.1) is 0 Å². The Bertz CT molecular complexity index is 673. The first-order valence-electron chi connectivity index (χ1n) is 6.53. The minimum absolute atomic E-state index is 0.180. The zero-order valence-corrected chi connectivity index (χ0v) is 11.2. The van der Waals surface area contributed by atoms with E-state index in [1.54, 1.807) is 11.5 Å². The fraction of sp³-hybridized carbons (Fsp3) is 0.583. The topological polar surface area (TPSA) is 92.8 Å². The highest BCUT2D eigenvalue weighted by molar-refractivity contribution is 5.81. The van der Waals surface area contributed by atoms with E-state index in [1.807, 2.05) is 0 Å². The highest BCUT2D eigenvalue weighted by atomic mass is 16.1. The number of aromatic nitrogens is 4. The van der Waals surface area contributed by atoms with Crippen molar-refractivity contribution in [2.24, 2.45) is 0 Å². The Kier molecular flexibility index (Phi) is 2.78. The van der Waals surface area contributed by atoms with Crippen LogP contribution in [0.15, 0.2) is 4.79 Å². The van der Waals surface area contributed by atoms with E-state index in [4.69, 9.17) is 5.73 Å². The van der Waals surface area contributed by atoms with Gasteiger partial charge in [-0.3, -0.25) is 9.47 Å². The lowest BCUT2D eigenvalue weighted by Gasteiger charge is -2.20. The predicted molar refractivity (Wildman–Crippen MR) is 72.7 cm³/mol. The molecule has 7 nitrogen and oxygen atoms in total. The molecule has 0 aromatic carbocycles. The van der Waals surface area contributed by atoms with Gasteiger partial charge in [-0.1, -0.05) is 0 Å². The average molecular weight is 262 g/mol. The van der Waals surface area contributed by atoms with Crippen LogP contribution >= 0.6 is 0 Å². The first kappa shape index (κ1) is 12.2. The van der Waals surface area contributed by atoms with Crippen molar-refractivity contribution >= 4 is 17.0 Å². The number of nitrogen functional groups attached to an aromatic ring is 1. The van der Waals surface area contributed by atoms with Crippen molar-refractivity contribution in [3.8, 4) is 0 Å². The molecule has 3 rings (SSSR count). The van der Waals surface area contributed by atoms with Crippen LogP contribution in [0.25, 0.3) is 11.2 Å². The van der Waals surface area contributed by atoms with Crippen molar-refractivity contribution in [3.63, 3.8) is 0 Å². The minimum Gasteiger partial charge on any atom is -0.382 e. The Labute approximate surface area is 110 Å².